The maximum absolute atomic E-state index is 12.5. The Kier molecular flexibility index (Phi) is 11.4. The highest BCUT2D eigenvalue weighted by Gasteiger charge is 2.33. The SMILES string of the molecule is CCCC(=O)N=C1S/C(=C\c2cc(I)c(OCc3ccc(Cl)cc3Cl)c(OCC)c2)C(O)=C1C(=O)OCC. The molecular weight excluding hydrogens is 664 g/mol. The van der Waals surface area contributed by atoms with Gasteiger partial charge < -0.3 is 19.3 Å². The zero-order chi connectivity index (χ0) is 27.8. The number of hydrogen-bond acceptors (Lipinski definition) is 7. The van der Waals surface area contributed by atoms with Crippen LogP contribution >= 0.6 is 57.6 Å². The van der Waals surface area contributed by atoms with Crippen LogP contribution in [0.15, 0.2) is 51.6 Å². The van der Waals surface area contributed by atoms with Gasteiger partial charge in [-0.05, 0) is 78.8 Å². The number of hydrogen-bond donors (Lipinski definition) is 1. The summed E-state index contributed by atoms with van der Waals surface area (Å²) in [5, 5.41) is 12.0. The highest BCUT2D eigenvalue weighted by molar-refractivity contribution is 14.1. The summed E-state index contributed by atoms with van der Waals surface area (Å²) in [6.45, 7) is 6.11. The van der Waals surface area contributed by atoms with Gasteiger partial charge in [0.15, 0.2) is 11.5 Å². The minimum absolute atomic E-state index is 0.116. The summed E-state index contributed by atoms with van der Waals surface area (Å²) >= 11 is 15.5. The van der Waals surface area contributed by atoms with Crippen molar-refractivity contribution in [1.82, 2.24) is 0 Å². The van der Waals surface area contributed by atoms with Crippen LogP contribution in [-0.4, -0.2) is 35.2 Å². The molecule has 0 aromatic heterocycles. The van der Waals surface area contributed by atoms with Gasteiger partial charge in [0.25, 0.3) is 0 Å². The molecule has 0 fully saturated rings. The van der Waals surface area contributed by atoms with E-state index >= 15 is 0 Å². The van der Waals surface area contributed by atoms with Crippen molar-refractivity contribution < 1.29 is 28.9 Å². The first-order chi connectivity index (χ1) is 18.2. The summed E-state index contributed by atoms with van der Waals surface area (Å²) in [7, 11) is 0. The van der Waals surface area contributed by atoms with E-state index < -0.39 is 5.97 Å². The highest BCUT2D eigenvalue weighted by atomic mass is 127. The normalized spacial score (nSPS) is 15.3. The smallest absolute Gasteiger partial charge is 0.344 e. The summed E-state index contributed by atoms with van der Waals surface area (Å²) in [5.74, 6) is -0.360. The molecule has 38 heavy (non-hydrogen) atoms. The standard InChI is InChI=1S/C27H26Cl2INO6S/c1-4-7-22(32)31-26-23(27(34)36-6-3)24(33)21(38-26)12-15-10-19(30)25(20(11-15)35-5-2)37-14-16-8-9-17(28)13-18(16)29/h8-13,33H,4-7,14H2,1-3H3/b21-12-,31-26?. The third-order valence-electron chi connectivity index (χ3n) is 5.08. The molecule has 3 rings (SSSR count). The van der Waals surface area contributed by atoms with Gasteiger partial charge in [-0.3, -0.25) is 4.79 Å². The number of thioether (sulfide) groups is 1. The first kappa shape index (κ1) is 30.3. The van der Waals surface area contributed by atoms with Crippen LogP contribution in [0.4, 0.5) is 0 Å². The molecule has 1 amide bonds. The second-order valence-corrected chi connectivity index (χ2v) is 10.9. The Morgan fingerprint density at radius 1 is 1.11 bits per heavy atom. The van der Waals surface area contributed by atoms with Crippen LogP contribution in [0.25, 0.3) is 6.08 Å². The van der Waals surface area contributed by atoms with Crippen LogP contribution in [-0.2, 0) is 20.9 Å². The summed E-state index contributed by atoms with van der Waals surface area (Å²) in [6, 6.07) is 8.82. The lowest BCUT2D eigenvalue weighted by Crippen LogP contribution is -2.14. The summed E-state index contributed by atoms with van der Waals surface area (Å²) in [4.78, 5) is 29.1. The molecule has 1 N–H and O–H groups in total. The van der Waals surface area contributed by atoms with E-state index in [9.17, 15) is 14.7 Å². The Morgan fingerprint density at radius 3 is 2.53 bits per heavy atom. The molecule has 1 heterocycles. The highest BCUT2D eigenvalue weighted by Crippen LogP contribution is 2.41. The van der Waals surface area contributed by atoms with E-state index in [1.54, 1.807) is 37.3 Å². The average molecular weight is 690 g/mol. The van der Waals surface area contributed by atoms with Gasteiger partial charge >= 0.3 is 5.97 Å². The Labute approximate surface area is 249 Å². The molecule has 11 heteroatoms. The molecule has 202 valence electrons. The molecule has 2 aromatic carbocycles. The number of benzene rings is 2. The van der Waals surface area contributed by atoms with Crippen molar-refractivity contribution in [3.63, 3.8) is 0 Å². The molecular formula is C27H26Cl2INO6S. The fourth-order valence-electron chi connectivity index (χ4n) is 3.39. The second kappa shape index (κ2) is 14.3. The molecule has 0 spiro atoms. The van der Waals surface area contributed by atoms with E-state index in [4.69, 9.17) is 37.4 Å². The lowest BCUT2D eigenvalue weighted by atomic mass is 10.1. The monoisotopic (exact) mass is 689 g/mol. The molecule has 7 nitrogen and oxygen atoms in total. The van der Waals surface area contributed by atoms with E-state index in [2.05, 4.69) is 27.6 Å². The Hall–Kier alpha value is -2.21. The van der Waals surface area contributed by atoms with E-state index in [0.29, 0.717) is 45.0 Å². The number of esters is 1. The molecule has 0 saturated heterocycles. The first-order valence-corrected chi connectivity index (χ1v) is 14.5. The largest absolute Gasteiger partial charge is 0.506 e. The number of rotatable bonds is 10. The van der Waals surface area contributed by atoms with Crippen molar-refractivity contribution in [2.75, 3.05) is 13.2 Å². The van der Waals surface area contributed by atoms with Gasteiger partial charge in [0.1, 0.15) is 23.0 Å². The zero-order valence-electron chi connectivity index (χ0n) is 21.0. The van der Waals surface area contributed by atoms with E-state index in [1.165, 1.54) is 0 Å². The van der Waals surface area contributed by atoms with Crippen LogP contribution in [0.3, 0.4) is 0 Å². The third kappa shape index (κ3) is 7.68. The number of aliphatic imine (C=N–C) groups is 1. The maximum atomic E-state index is 12.5. The number of aliphatic hydroxyl groups is 1. The number of carbonyl (C=O) groups is 2. The zero-order valence-corrected chi connectivity index (χ0v) is 25.5. The molecule has 1 aliphatic heterocycles. The van der Waals surface area contributed by atoms with Gasteiger partial charge in [0.2, 0.25) is 5.91 Å². The Bertz CT molecular complexity index is 1320. The molecule has 0 bridgehead atoms. The molecule has 0 unspecified atom stereocenters. The fraction of sp³-hybridized carbons (Fsp3) is 0.296. The number of halogens is 3. The van der Waals surface area contributed by atoms with Gasteiger partial charge in [0.05, 0.1) is 21.7 Å². The lowest BCUT2D eigenvalue weighted by Gasteiger charge is -2.15. The maximum Gasteiger partial charge on any atom is 0.344 e. The van der Waals surface area contributed by atoms with Gasteiger partial charge in [-0.15, -0.1) is 0 Å². The number of nitrogens with zero attached hydrogens (tertiary/aromatic N) is 1. The van der Waals surface area contributed by atoms with Crippen molar-refractivity contribution in [1.29, 1.82) is 0 Å². The minimum atomic E-state index is -0.738. The van der Waals surface area contributed by atoms with Crippen LogP contribution in [0.1, 0.15) is 44.7 Å². The fourth-order valence-corrected chi connectivity index (χ4v) is 5.66. The quantitative estimate of drug-likeness (QED) is 0.201. The van der Waals surface area contributed by atoms with Gasteiger partial charge in [-0.25, -0.2) is 9.79 Å². The van der Waals surface area contributed by atoms with Crippen molar-refractivity contribution >= 4 is 80.6 Å². The molecule has 0 radical (unpaired) electrons. The minimum Gasteiger partial charge on any atom is -0.506 e. The van der Waals surface area contributed by atoms with Crippen LogP contribution in [0.2, 0.25) is 10.0 Å². The van der Waals surface area contributed by atoms with E-state index in [1.807, 2.05) is 19.9 Å². The Balaban J connectivity index is 1.96. The van der Waals surface area contributed by atoms with Crippen molar-refractivity contribution in [3.05, 3.63) is 71.3 Å². The van der Waals surface area contributed by atoms with Crippen LogP contribution < -0.4 is 9.47 Å². The number of carbonyl (C=O) groups excluding carboxylic acids is 2. The van der Waals surface area contributed by atoms with Crippen molar-refractivity contribution in [3.8, 4) is 11.5 Å². The predicted octanol–water partition coefficient (Wildman–Crippen LogP) is 7.76. The molecule has 0 atom stereocenters. The average Bonchev–Trinajstić information content (AvgIpc) is 3.14. The summed E-state index contributed by atoms with van der Waals surface area (Å²) in [5.41, 5.74) is 1.34. The number of aliphatic hydroxyl groups excluding tert-OH is 1. The molecule has 0 saturated carbocycles. The number of amides is 1. The third-order valence-corrected chi connectivity index (χ3v) is 7.49. The molecule has 2 aromatic rings. The lowest BCUT2D eigenvalue weighted by molar-refractivity contribution is -0.138. The summed E-state index contributed by atoms with van der Waals surface area (Å²) < 4.78 is 17.8. The Morgan fingerprint density at radius 2 is 1.87 bits per heavy atom. The van der Waals surface area contributed by atoms with Crippen LogP contribution in [0, 0.1) is 3.57 Å². The van der Waals surface area contributed by atoms with Gasteiger partial charge in [-0.2, -0.15) is 0 Å². The van der Waals surface area contributed by atoms with Crippen molar-refractivity contribution in [2.24, 2.45) is 4.99 Å². The van der Waals surface area contributed by atoms with E-state index in [0.717, 1.165) is 20.9 Å². The predicted molar refractivity (Wildman–Crippen MR) is 160 cm³/mol. The first-order valence-electron chi connectivity index (χ1n) is 11.8. The molecule has 1 aliphatic rings. The summed E-state index contributed by atoms with van der Waals surface area (Å²) in [6.07, 6.45) is 2.54. The topological polar surface area (TPSA) is 94.4 Å². The van der Waals surface area contributed by atoms with Gasteiger partial charge in [-0.1, -0.05) is 48.0 Å². The van der Waals surface area contributed by atoms with Gasteiger partial charge in [0, 0.05) is 22.0 Å². The van der Waals surface area contributed by atoms with Crippen LogP contribution in [0.5, 0.6) is 11.5 Å². The second-order valence-electron chi connectivity index (χ2n) is 7.90. The molecule has 0 aliphatic carbocycles. The van der Waals surface area contributed by atoms with E-state index in [-0.39, 0.29) is 41.9 Å². The van der Waals surface area contributed by atoms with Crippen molar-refractivity contribution in [2.45, 2.75) is 40.2 Å². The number of ether oxygens (including phenoxy) is 3.